The Labute approximate surface area is 277 Å². The second-order valence-electron chi connectivity index (χ2n) is 11.1. The van der Waals surface area contributed by atoms with Crippen LogP contribution in [0.25, 0.3) is 22.3 Å². The molecular weight excluding hydrogens is 596 g/mol. The molecule has 0 spiro atoms. The van der Waals surface area contributed by atoms with Crippen molar-refractivity contribution in [1.82, 2.24) is 0 Å². The average molecular weight is 643 g/mol. The summed E-state index contributed by atoms with van der Waals surface area (Å²) in [5, 5.41) is 4.27. The van der Waals surface area contributed by atoms with Crippen molar-refractivity contribution >= 4 is 23.3 Å². The molecule has 4 rings (SSSR count). The highest BCUT2D eigenvalue weighted by atomic mass is 32.1. The maximum Gasteiger partial charge on any atom is 0.306 e. The van der Waals surface area contributed by atoms with Gasteiger partial charge in [-0.15, -0.1) is 0 Å². The van der Waals surface area contributed by atoms with Crippen LogP contribution in [0.15, 0.2) is 83.6 Å². The molecule has 7 heteroatoms. The minimum atomic E-state index is -0.212. The van der Waals surface area contributed by atoms with E-state index in [4.69, 9.17) is 18.9 Å². The first-order valence-corrected chi connectivity index (χ1v) is 17.4. The molecule has 0 saturated heterocycles. The van der Waals surface area contributed by atoms with E-state index in [1.165, 1.54) is 22.3 Å². The smallest absolute Gasteiger partial charge is 0.306 e. The van der Waals surface area contributed by atoms with E-state index < -0.39 is 0 Å². The fraction of sp³-hybridized carbons (Fsp3) is 0.385. The monoisotopic (exact) mass is 642 g/mol. The molecule has 3 aromatic carbocycles. The predicted molar refractivity (Wildman–Crippen MR) is 186 cm³/mol. The second kappa shape index (κ2) is 19.4. The maximum atomic E-state index is 12.1. The van der Waals surface area contributed by atoms with Gasteiger partial charge in [0.25, 0.3) is 0 Å². The van der Waals surface area contributed by atoms with Gasteiger partial charge in [0.15, 0.2) is 0 Å². The van der Waals surface area contributed by atoms with Gasteiger partial charge in [0.1, 0.15) is 11.5 Å². The lowest BCUT2D eigenvalue weighted by Crippen LogP contribution is -2.10. The van der Waals surface area contributed by atoms with Crippen molar-refractivity contribution in [1.29, 1.82) is 0 Å². The van der Waals surface area contributed by atoms with Crippen LogP contribution in [0, 0.1) is 0 Å². The van der Waals surface area contributed by atoms with Crippen LogP contribution in [0.1, 0.15) is 69.9 Å². The van der Waals surface area contributed by atoms with Gasteiger partial charge < -0.3 is 18.9 Å². The molecule has 0 bridgehead atoms. The zero-order chi connectivity index (χ0) is 32.4. The maximum absolute atomic E-state index is 12.1. The van der Waals surface area contributed by atoms with Crippen LogP contribution in [-0.4, -0.2) is 38.4 Å². The van der Waals surface area contributed by atoms with Crippen LogP contribution in [-0.2, 0) is 31.9 Å². The second-order valence-corrected chi connectivity index (χ2v) is 11.9. The molecule has 0 fully saturated rings. The Morgan fingerprint density at radius 3 is 2.09 bits per heavy atom. The van der Waals surface area contributed by atoms with Crippen molar-refractivity contribution in [2.45, 2.75) is 71.6 Å². The highest BCUT2D eigenvalue weighted by Crippen LogP contribution is 2.33. The number of hydrogen-bond acceptors (Lipinski definition) is 7. The summed E-state index contributed by atoms with van der Waals surface area (Å²) in [5.74, 6) is 1.25. The molecular formula is C39H46O6S. The molecule has 46 heavy (non-hydrogen) atoms. The third-order valence-electron chi connectivity index (χ3n) is 7.68. The SMILES string of the molecule is CCOC(=O)CCCOc1cccc(CCCCCCOc2cc(-c3ccccc3)cc(-c3ccsc3)c2)c1CCC(=O)OCC. The summed E-state index contributed by atoms with van der Waals surface area (Å²) >= 11 is 1.70. The highest BCUT2D eigenvalue weighted by Gasteiger charge is 2.13. The number of carbonyl (C=O) groups excluding carboxylic acids is 2. The summed E-state index contributed by atoms with van der Waals surface area (Å²) in [6, 6.07) is 25.2. The molecule has 1 heterocycles. The van der Waals surface area contributed by atoms with Crippen LogP contribution < -0.4 is 9.47 Å². The minimum absolute atomic E-state index is 0.206. The van der Waals surface area contributed by atoms with Crippen LogP contribution in [0.5, 0.6) is 11.5 Å². The van der Waals surface area contributed by atoms with Gasteiger partial charge in [0.05, 0.1) is 26.4 Å². The molecule has 0 amide bonds. The summed E-state index contributed by atoms with van der Waals surface area (Å²) in [4.78, 5) is 23.8. The van der Waals surface area contributed by atoms with Crippen LogP contribution in [0.4, 0.5) is 0 Å². The molecule has 0 aliphatic rings. The van der Waals surface area contributed by atoms with E-state index in [0.717, 1.165) is 54.7 Å². The molecule has 0 atom stereocenters. The van der Waals surface area contributed by atoms with Crippen LogP contribution in [0.2, 0.25) is 0 Å². The molecule has 0 N–H and O–H groups in total. The molecule has 0 aliphatic heterocycles. The van der Waals surface area contributed by atoms with E-state index in [0.29, 0.717) is 52.1 Å². The lowest BCUT2D eigenvalue weighted by atomic mass is 9.96. The summed E-state index contributed by atoms with van der Waals surface area (Å²) in [7, 11) is 0. The van der Waals surface area contributed by atoms with E-state index in [1.54, 1.807) is 18.3 Å². The van der Waals surface area contributed by atoms with E-state index in [1.807, 2.05) is 25.1 Å². The van der Waals surface area contributed by atoms with Gasteiger partial charge in [0.2, 0.25) is 0 Å². The van der Waals surface area contributed by atoms with Crippen molar-refractivity contribution in [2.75, 3.05) is 26.4 Å². The Bertz CT molecular complexity index is 1480. The normalized spacial score (nSPS) is 10.8. The molecule has 244 valence electrons. The third kappa shape index (κ3) is 11.4. The lowest BCUT2D eigenvalue weighted by molar-refractivity contribution is -0.144. The summed E-state index contributed by atoms with van der Waals surface area (Å²) in [5.41, 5.74) is 6.96. The number of aryl methyl sites for hydroxylation is 1. The third-order valence-corrected chi connectivity index (χ3v) is 8.36. The molecule has 0 radical (unpaired) electrons. The highest BCUT2D eigenvalue weighted by molar-refractivity contribution is 7.08. The Morgan fingerprint density at radius 2 is 1.35 bits per heavy atom. The first-order chi connectivity index (χ1) is 22.6. The molecule has 0 unspecified atom stereocenters. The quantitative estimate of drug-likeness (QED) is 0.0707. The number of carbonyl (C=O) groups is 2. The van der Waals surface area contributed by atoms with Crippen LogP contribution >= 0.6 is 11.3 Å². The lowest BCUT2D eigenvalue weighted by Gasteiger charge is -2.16. The Balaban J connectivity index is 1.28. The first kappa shape index (κ1) is 34.8. The predicted octanol–water partition coefficient (Wildman–Crippen LogP) is 9.48. The number of rotatable bonds is 20. The fourth-order valence-corrected chi connectivity index (χ4v) is 6.06. The van der Waals surface area contributed by atoms with Gasteiger partial charge >= 0.3 is 11.9 Å². The van der Waals surface area contributed by atoms with E-state index in [9.17, 15) is 9.59 Å². The zero-order valence-corrected chi connectivity index (χ0v) is 27.9. The standard InChI is InChI=1S/C39H46O6S/c1-3-42-38(40)19-13-24-45-37-18-12-17-31(36(37)20-21-39(41)43-4-2)16-8-5-6-11-23-44-35-27-33(30-14-9-7-10-15-30)26-34(28-35)32-22-25-46-29-32/h7,9-10,12,14-15,17-18,22,25-29H,3-6,8,11,13,16,19-21,23-24H2,1-2H3. The van der Waals surface area contributed by atoms with E-state index in [-0.39, 0.29) is 11.9 Å². The zero-order valence-electron chi connectivity index (χ0n) is 27.1. The first-order valence-electron chi connectivity index (χ1n) is 16.5. The largest absolute Gasteiger partial charge is 0.494 e. The van der Waals surface area contributed by atoms with Gasteiger partial charge in [-0.1, -0.05) is 55.3 Å². The summed E-state index contributed by atoms with van der Waals surface area (Å²) in [6.45, 7) is 5.46. The number of ether oxygens (including phenoxy) is 4. The number of hydrogen-bond donors (Lipinski definition) is 0. The van der Waals surface area contributed by atoms with Crippen molar-refractivity contribution in [2.24, 2.45) is 0 Å². The Morgan fingerprint density at radius 1 is 0.630 bits per heavy atom. The summed E-state index contributed by atoms with van der Waals surface area (Å²) in [6.07, 6.45) is 6.83. The minimum Gasteiger partial charge on any atom is -0.494 e. The molecule has 6 nitrogen and oxygen atoms in total. The molecule has 0 aliphatic carbocycles. The van der Waals surface area contributed by atoms with Gasteiger partial charge in [-0.3, -0.25) is 9.59 Å². The molecule has 4 aromatic rings. The van der Waals surface area contributed by atoms with Crippen molar-refractivity contribution < 1.29 is 28.5 Å². The average Bonchev–Trinajstić information content (AvgIpc) is 3.62. The van der Waals surface area contributed by atoms with Crippen molar-refractivity contribution in [3.05, 3.63) is 94.7 Å². The molecule has 0 saturated carbocycles. The number of benzene rings is 3. The Hall–Kier alpha value is -4.10. The van der Waals surface area contributed by atoms with Crippen molar-refractivity contribution in [3.63, 3.8) is 0 Å². The van der Waals surface area contributed by atoms with E-state index in [2.05, 4.69) is 65.4 Å². The van der Waals surface area contributed by atoms with Gasteiger partial charge in [-0.05, 0) is 120 Å². The number of unbranched alkanes of at least 4 members (excludes halogenated alkanes) is 3. The van der Waals surface area contributed by atoms with Crippen LogP contribution in [0.3, 0.4) is 0 Å². The van der Waals surface area contributed by atoms with E-state index >= 15 is 0 Å². The topological polar surface area (TPSA) is 71.1 Å². The number of thiophene rings is 1. The van der Waals surface area contributed by atoms with Gasteiger partial charge in [-0.25, -0.2) is 0 Å². The van der Waals surface area contributed by atoms with Gasteiger partial charge in [0, 0.05) is 12.8 Å². The number of esters is 2. The van der Waals surface area contributed by atoms with Crippen molar-refractivity contribution in [3.8, 4) is 33.8 Å². The fourth-order valence-electron chi connectivity index (χ4n) is 5.39. The van der Waals surface area contributed by atoms with Gasteiger partial charge in [-0.2, -0.15) is 11.3 Å². The Kier molecular flexibility index (Phi) is 14.7. The summed E-state index contributed by atoms with van der Waals surface area (Å²) < 4.78 is 22.5. The molecule has 1 aromatic heterocycles.